The van der Waals surface area contributed by atoms with Crippen molar-refractivity contribution in [3.63, 3.8) is 0 Å². The molecule has 1 heterocycles. The topological polar surface area (TPSA) is 141 Å². The molecule has 5 atom stereocenters. The number of aliphatic hydroxyl groups is 2. The van der Waals surface area contributed by atoms with Crippen LogP contribution in [0.5, 0.6) is 0 Å². The van der Waals surface area contributed by atoms with Gasteiger partial charge >= 0.3 is 0 Å². The summed E-state index contributed by atoms with van der Waals surface area (Å²) >= 11 is 0. The van der Waals surface area contributed by atoms with Crippen LogP contribution >= 0.6 is 0 Å². The van der Waals surface area contributed by atoms with E-state index in [-0.39, 0.29) is 43.6 Å². The predicted octanol–water partition coefficient (Wildman–Crippen LogP) is 4.39. The van der Waals surface area contributed by atoms with Crippen LogP contribution in [0.2, 0.25) is 0 Å². The highest BCUT2D eigenvalue weighted by Crippen LogP contribution is 2.38. The second kappa shape index (κ2) is 15.7. The number of likely N-dealkylation sites (N-methyl/N-ethyl adjacent to an activating group) is 1. The van der Waals surface area contributed by atoms with Crippen LogP contribution in [-0.4, -0.2) is 57.9 Å². The first-order chi connectivity index (χ1) is 20.8. The lowest BCUT2D eigenvalue weighted by molar-refractivity contribution is -0.253. The molecule has 1 saturated heterocycles. The number of rotatable bonds is 13. The number of benzene rings is 3. The van der Waals surface area contributed by atoms with Crippen molar-refractivity contribution in [3.8, 4) is 0 Å². The SMILES string of the molecule is C[C@H]([C@@H](O)c1ccccc1)N(C)C[C@H]1C[C@@H](c2ccc(CO)cc2)O[C@@H](c2ccc(NC(=O)CCCC(=O)NO)cc2)O1. The summed E-state index contributed by atoms with van der Waals surface area (Å²) < 4.78 is 12.9. The number of carbonyl (C=O) groups is 2. The van der Waals surface area contributed by atoms with Crippen LogP contribution in [0.3, 0.4) is 0 Å². The van der Waals surface area contributed by atoms with Crippen molar-refractivity contribution in [3.05, 3.63) is 101 Å². The minimum absolute atomic E-state index is 0.0343. The van der Waals surface area contributed by atoms with E-state index in [1.807, 2.05) is 80.7 Å². The molecule has 1 fully saturated rings. The third-order valence-corrected chi connectivity index (χ3v) is 7.80. The average molecular weight is 592 g/mol. The molecule has 0 bridgehead atoms. The van der Waals surface area contributed by atoms with Crippen LogP contribution in [-0.2, 0) is 25.7 Å². The Kier molecular flexibility index (Phi) is 11.8. The molecule has 10 heteroatoms. The van der Waals surface area contributed by atoms with Crippen molar-refractivity contribution in [1.29, 1.82) is 0 Å². The first-order valence-electron chi connectivity index (χ1n) is 14.5. The first-order valence-corrected chi connectivity index (χ1v) is 14.5. The molecule has 0 unspecified atom stereocenters. The number of hydrogen-bond acceptors (Lipinski definition) is 8. The van der Waals surface area contributed by atoms with Crippen molar-refractivity contribution in [2.45, 2.75) is 69.9 Å². The molecular weight excluding hydrogens is 550 g/mol. The quantitative estimate of drug-likeness (QED) is 0.146. The van der Waals surface area contributed by atoms with Crippen molar-refractivity contribution < 1.29 is 34.5 Å². The van der Waals surface area contributed by atoms with E-state index in [4.69, 9.17) is 14.7 Å². The fourth-order valence-electron chi connectivity index (χ4n) is 5.10. The van der Waals surface area contributed by atoms with Crippen molar-refractivity contribution >= 4 is 17.5 Å². The number of carbonyl (C=O) groups excluding carboxylic acids is 2. The Morgan fingerprint density at radius 2 is 1.58 bits per heavy atom. The zero-order valence-electron chi connectivity index (χ0n) is 24.6. The molecule has 5 N–H and O–H groups in total. The Morgan fingerprint density at radius 1 is 0.930 bits per heavy atom. The predicted molar refractivity (Wildman–Crippen MR) is 161 cm³/mol. The van der Waals surface area contributed by atoms with Gasteiger partial charge in [0.25, 0.3) is 0 Å². The summed E-state index contributed by atoms with van der Waals surface area (Å²) in [7, 11) is 1.98. The van der Waals surface area contributed by atoms with E-state index in [1.54, 1.807) is 17.6 Å². The molecule has 1 aliphatic rings. The maximum Gasteiger partial charge on any atom is 0.243 e. The molecule has 0 aromatic heterocycles. The van der Waals surface area contributed by atoms with Gasteiger partial charge in [0.1, 0.15) is 0 Å². The van der Waals surface area contributed by atoms with E-state index in [0.29, 0.717) is 25.1 Å². The van der Waals surface area contributed by atoms with Crippen LogP contribution in [0, 0.1) is 0 Å². The smallest absolute Gasteiger partial charge is 0.243 e. The van der Waals surface area contributed by atoms with E-state index in [1.165, 1.54) is 0 Å². The first kappa shape index (κ1) is 32.3. The van der Waals surface area contributed by atoms with Gasteiger partial charge in [-0.2, -0.15) is 0 Å². The van der Waals surface area contributed by atoms with E-state index < -0.39 is 18.3 Å². The van der Waals surface area contributed by atoms with Crippen LogP contribution in [0.4, 0.5) is 5.69 Å². The number of nitrogens with zero attached hydrogens (tertiary/aromatic N) is 1. The van der Waals surface area contributed by atoms with Gasteiger partial charge in [-0.15, -0.1) is 0 Å². The lowest BCUT2D eigenvalue weighted by atomic mass is 9.98. The van der Waals surface area contributed by atoms with E-state index >= 15 is 0 Å². The van der Waals surface area contributed by atoms with Crippen molar-refractivity contribution in [1.82, 2.24) is 10.4 Å². The Bertz CT molecular complexity index is 1300. The Hall–Kier alpha value is -3.64. The fraction of sp³-hybridized carbons (Fsp3) is 0.394. The summed E-state index contributed by atoms with van der Waals surface area (Å²) in [5.74, 6) is -0.761. The highest BCUT2D eigenvalue weighted by Gasteiger charge is 2.34. The van der Waals surface area contributed by atoms with Gasteiger partial charge in [0.15, 0.2) is 6.29 Å². The normalized spacial score (nSPS) is 19.9. The van der Waals surface area contributed by atoms with Gasteiger partial charge in [-0.25, -0.2) is 5.48 Å². The number of amides is 2. The van der Waals surface area contributed by atoms with Gasteiger partial charge in [0.05, 0.1) is 24.9 Å². The summed E-state index contributed by atoms with van der Waals surface area (Å²) in [6.07, 6.45) is -0.643. The number of hydroxylamine groups is 1. The molecule has 0 spiro atoms. The summed E-state index contributed by atoms with van der Waals surface area (Å²) in [5, 5.41) is 31.9. The lowest BCUT2D eigenvalue weighted by Gasteiger charge is -2.39. The molecule has 0 aliphatic carbocycles. The standard InChI is InChI=1S/C33H41N3O7/c1-22(32(40)25-7-4-3-5-8-25)36(2)20-28-19-29(24-13-11-23(21-37)12-14-24)43-33(42-28)26-15-17-27(18-16-26)34-30(38)9-6-10-31(39)35-41/h3-5,7-8,11-18,22,28-29,32-33,37,40-41H,6,9-10,19-21H2,1-2H3,(H,34,38)(H,35,39)/t22-,28-,29+,32-,33+/m1/s1. The number of anilines is 1. The molecular formula is C33H41N3O7. The molecule has 0 radical (unpaired) electrons. The molecule has 0 saturated carbocycles. The molecule has 10 nitrogen and oxygen atoms in total. The minimum atomic E-state index is -0.661. The lowest BCUT2D eigenvalue weighted by Crippen LogP contribution is -2.43. The van der Waals surface area contributed by atoms with E-state index in [0.717, 1.165) is 22.3 Å². The Morgan fingerprint density at radius 3 is 2.23 bits per heavy atom. The van der Waals surface area contributed by atoms with Gasteiger partial charge in [0.2, 0.25) is 11.8 Å². The third-order valence-electron chi connectivity index (χ3n) is 7.80. The second-order valence-electron chi connectivity index (χ2n) is 10.9. The third kappa shape index (κ3) is 9.17. The summed E-state index contributed by atoms with van der Waals surface area (Å²) in [5.41, 5.74) is 5.61. The number of ether oxygens (including phenoxy) is 2. The Labute approximate surface area is 252 Å². The molecule has 2 amide bonds. The maximum atomic E-state index is 12.3. The minimum Gasteiger partial charge on any atom is -0.392 e. The second-order valence-corrected chi connectivity index (χ2v) is 10.9. The molecule has 3 aromatic carbocycles. The zero-order valence-corrected chi connectivity index (χ0v) is 24.6. The largest absolute Gasteiger partial charge is 0.392 e. The highest BCUT2D eigenvalue weighted by molar-refractivity contribution is 5.91. The summed E-state index contributed by atoms with van der Waals surface area (Å²) in [6.45, 7) is 2.53. The molecule has 4 rings (SSSR count). The van der Waals surface area contributed by atoms with Crippen molar-refractivity contribution in [2.24, 2.45) is 0 Å². The van der Waals surface area contributed by atoms with Gasteiger partial charge < -0.3 is 25.0 Å². The van der Waals surface area contributed by atoms with Gasteiger partial charge in [-0.05, 0) is 49.2 Å². The maximum absolute atomic E-state index is 12.3. The van der Waals surface area contributed by atoms with Crippen LogP contribution < -0.4 is 10.8 Å². The van der Waals surface area contributed by atoms with E-state index in [9.17, 15) is 19.8 Å². The fourth-order valence-corrected chi connectivity index (χ4v) is 5.10. The summed E-state index contributed by atoms with van der Waals surface area (Å²) in [4.78, 5) is 25.5. The summed E-state index contributed by atoms with van der Waals surface area (Å²) in [6, 6.07) is 24.4. The van der Waals surface area contributed by atoms with Gasteiger partial charge in [-0.3, -0.25) is 19.7 Å². The molecule has 43 heavy (non-hydrogen) atoms. The molecule has 1 aliphatic heterocycles. The number of hydrogen-bond donors (Lipinski definition) is 5. The van der Waals surface area contributed by atoms with E-state index in [2.05, 4.69) is 10.2 Å². The molecule has 3 aromatic rings. The molecule has 230 valence electrons. The number of nitrogens with one attached hydrogen (secondary N) is 2. The van der Waals surface area contributed by atoms with Crippen LogP contribution in [0.15, 0.2) is 78.9 Å². The Balaban J connectivity index is 1.45. The number of aliphatic hydroxyl groups excluding tert-OH is 2. The van der Waals surface area contributed by atoms with Crippen LogP contribution in [0.25, 0.3) is 0 Å². The van der Waals surface area contributed by atoms with Crippen molar-refractivity contribution in [2.75, 3.05) is 18.9 Å². The van der Waals surface area contributed by atoms with Gasteiger partial charge in [-0.1, -0.05) is 66.7 Å². The zero-order chi connectivity index (χ0) is 30.8. The average Bonchev–Trinajstić information content (AvgIpc) is 3.04. The monoisotopic (exact) mass is 591 g/mol. The highest BCUT2D eigenvalue weighted by atomic mass is 16.7. The van der Waals surface area contributed by atoms with Crippen LogP contribution in [0.1, 0.15) is 73.4 Å². The van der Waals surface area contributed by atoms with Gasteiger partial charge in [0, 0.05) is 43.1 Å².